The number of ether oxygens (including phenoxy) is 1. The van der Waals surface area contributed by atoms with Crippen LogP contribution in [-0.4, -0.2) is 17.9 Å². The molecule has 130 valence electrons. The van der Waals surface area contributed by atoms with Crippen molar-refractivity contribution in [2.45, 2.75) is 46.1 Å². The Morgan fingerprint density at radius 3 is 2.46 bits per heavy atom. The highest BCUT2D eigenvalue weighted by molar-refractivity contribution is 6.10. The minimum Gasteiger partial charge on any atom is -0.461 e. The summed E-state index contributed by atoms with van der Waals surface area (Å²) in [6.45, 7) is 10.2. The van der Waals surface area contributed by atoms with Crippen LogP contribution in [0.2, 0.25) is 0 Å². The van der Waals surface area contributed by atoms with Crippen molar-refractivity contribution >= 4 is 11.8 Å². The molecule has 0 amide bonds. The van der Waals surface area contributed by atoms with Crippen LogP contribution in [-0.2, 0) is 9.53 Å². The summed E-state index contributed by atoms with van der Waals surface area (Å²) in [5, 5.41) is 0. The maximum atomic E-state index is 12.6. The van der Waals surface area contributed by atoms with Crippen molar-refractivity contribution in [1.29, 1.82) is 0 Å². The van der Waals surface area contributed by atoms with E-state index >= 15 is 0 Å². The summed E-state index contributed by atoms with van der Waals surface area (Å²) in [7, 11) is 0. The molecule has 0 aromatic heterocycles. The molecule has 1 aliphatic carbocycles. The lowest BCUT2D eigenvalue weighted by Gasteiger charge is -2.37. The highest BCUT2D eigenvalue weighted by atomic mass is 16.5. The molecule has 3 nitrogen and oxygen atoms in total. The molecule has 0 bridgehead atoms. The first kappa shape index (κ1) is 18.4. The third kappa shape index (κ3) is 4.34. The van der Waals surface area contributed by atoms with Crippen LogP contribution in [0.15, 0.2) is 43.0 Å². The van der Waals surface area contributed by atoms with Crippen LogP contribution in [0.4, 0.5) is 0 Å². The zero-order valence-electron chi connectivity index (χ0n) is 14.9. The number of ketones is 1. The van der Waals surface area contributed by atoms with Crippen LogP contribution in [0.25, 0.3) is 0 Å². The maximum Gasteiger partial charge on any atom is 0.321 e. The van der Waals surface area contributed by atoms with Crippen molar-refractivity contribution < 1.29 is 14.3 Å². The van der Waals surface area contributed by atoms with E-state index in [9.17, 15) is 9.59 Å². The van der Waals surface area contributed by atoms with Crippen molar-refractivity contribution in [2.75, 3.05) is 0 Å². The van der Waals surface area contributed by atoms with Gasteiger partial charge in [0, 0.05) is 5.56 Å². The monoisotopic (exact) mass is 328 g/mol. The fraction of sp³-hybridized carbons (Fsp3) is 0.524. The number of hydrogen-bond acceptors (Lipinski definition) is 3. The molecule has 1 aliphatic rings. The van der Waals surface area contributed by atoms with Gasteiger partial charge in [0.15, 0.2) is 5.78 Å². The molecule has 0 unspecified atom stereocenters. The number of hydrogen-bond donors (Lipinski definition) is 0. The SMILES string of the molecule is C=C[C@H](C(=O)O[C@@H]1C[C@@H](C)CC[C@H]1C(C)C)C(=O)c1ccccc1. The van der Waals surface area contributed by atoms with Gasteiger partial charge in [-0.3, -0.25) is 9.59 Å². The van der Waals surface area contributed by atoms with Gasteiger partial charge in [0.1, 0.15) is 12.0 Å². The fourth-order valence-corrected chi connectivity index (χ4v) is 3.56. The lowest BCUT2D eigenvalue weighted by molar-refractivity contribution is -0.157. The molecule has 4 atom stereocenters. The highest BCUT2D eigenvalue weighted by Gasteiger charge is 2.36. The smallest absolute Gasteiger partial charge is 0.321 e. The van der Waals surface area contributed by atoms with Crippen LogP contribution in [0.1, 0.15) is 50.4 Å². The second-order valence-electron chi connectivity index (χ2n) is 7.25. The zero-order chi connectivity index (χ0) is 17.7. The van der Waals surface area contributed by atoms with E-state index in [4.69, 9.17) is 4.74 Å². The predicted molar refractivity (Wildman–Crippen MR) is 95.7 cm³/mol. The molecule has 0 heterocycles. The maximum absolute atomic E-state index is 12.6. The van der Waals surface area contributed by atoms with E-state index in [1.165, 1.54) is 12.5 Å². The Bertz CT molecular complexity index is 576. The Morgan fingerprint density at radius 2 is 1.88 bits per heavy atom. The molecule has 0 N–H and O–H groups in total. The van der Waals surface area contributed by atoms with E-state index in [1.54, 1.807) is 24.3 Å². The van der Waals surface area contributed by atoms with Gasteiger partial charge in [0.05, 0.1) is 0 Å². The Kier molecular flexibility index (Phi) is 6.36. The largest absolute Gasteiger partial charge is 0.461 e. The number of benzene rings is 1. The van der Waals surface area contributed by atoms with Crippen LogP contribution < -0.4 is 0 Å². The molecule has 0 radical (unpaired) electrons. The Balaban J connectivity index is 2.10. The lowest BCUT2D eigenvalue weighted by Crippen LogP contribution is -2.38. The van der Waals surface area contributed by atoms with Gasteiger partial charge in [0.2, 0.25) is 0 Å². The molecular formula is C21H28O3. The average molecular weight is 328 g/mol. The van der Waals surface area contributed by atoms with Gasteiger partial charge in [-0.1, -0.05) is 63.6 Å². The topological polar surface area (TPSA) is 43.4 Å². The standard InChI is InChI=1S/C21H28O3/c1-5-17(20(22)16-9-7-6-8-10-16)21(23)24-19-13-15(4)11-12-18(19)14(2)3/h5-10,14-15,17-19H,1,11-13H2,2-4H3/t15-,17-,18-,19+/m0/s1. The summed E-state index contributed by atoms with van der Waals surface area (Å²) in [6, 6.07) is 8.85. The minimum absolute atomic E-state index is 0.104. The molecule has 0 aliphatic heterocycles. The predicted octanol–water partition coefficient (Wildman–Crippen LogP) is 4.68. The minimum atomic E-state index is -0.933. The molecule has 0 spiro atoms. The summed E-state index contributed by atoms with van der Waals surface area (Å²) in [5.41, 5.74) is 0.511. The molecule has 1 saturated carbocycles. The summed E-state index contributed by atoms with van der Waals surface area (Å²) in [4.78, 5) is 25.2. The third-order valence-electron chi connectivity index (χ3n) is 5.06. The van der Waals surface area contributed by atoms with Crippen LogP contribution in [0, 0.1) is 23.7 Å². The molecular weight excluding hydrogens is 300 g/mol. The van der Waals surface area contributed by atoms with E-state index in [1.807, 2.05) is 6.07 Å². The third-order valence-corrected chi connectivity index (χ3v) is 5.06. The number of carbonyl (C=O) groups excluding carboxylic acids is 2. The summed E-state index contributed by atoms with van der Waals surface area (Å²) >= 11 is 0. The first-order valence-electron chi connectivity index (χ1n) is 8.86. The van der Waals surface area contributed by atoms with Crippen LogP contribution >= 0.6 is 0 Å². The molecule has 3 heteroatoms. The average Bonchev–Trinajstić information content (AvgIpc) is 2.56. The van der Waals surface area contributed by atoms with Crippen LogP contribution in [0.5, 0.6) is 0 Å². The van der Waals surface area contributed by atoms with E-state index in [0.717, 1.165) is 12.8 Å². The summed E-state index contributed by atoms with van der Waals surface area (Å²) in [6.07, 6.45) is 4.41. The molecule has 1 aromatic carbocycles. The number of esters is 1. The normalized spacial score (nSPS) is 25.1. The second kappa shape index (κ2) is 8.27. The number of Topliss-reactive ketones (excluding diaryl/α,β-unsaturated/α-hetero) is 1. The van der Waals surface area contributed by atoms with Crippen molar-refractivity contribution in [1.82, 2.24) is 0 Å². The van der Waals surface area contributed by atoms with E-state index in [-0.39, 0.29) is 11.9 Å². The highest BCUT2D eigenvalue weighted by Crippen LogP contribution is 2.35. The molecule has 1 aromatic rings. The molecule has 0 saturated heterocycles. The van der Waals surface area contributed by atoms with Gasteiger partial charge in [-0.25, -0.2) is 0 Å². The fourth-order valence-electron chi connectivity index (χ4n) is 3.56. The Morgan fingerprint density at radius 1 is 1.21 bits per heavy atom. The number of rotatable bonds is 6. The molecule has 2 rings (SSSR count). The molecule has 24 heavy (non-hydrogen) atoms. The lowest BCUT2D eigenvalue weighted by atomic mass is 9.75. The van der Waals surface area contributed by atoms with Gasteiger partial charge in [0.25, 0.3) is 0 Å². The van der Waals surface area contributed by atoms with Gasteiger partial charge in [-0.05, 0) is 30.6 Å². The molecule has 1 fully saturated rings. The van der Waals surface area contributed by atoms with E-state index in [2.05, 4.69) is 27.4 Å². The van der Waals surface area contributed by atoms with Crippen molar-refractivity contribution in [3.8, 4) is 0 Å². The van der Waals surface area contributed by atoms with Crippen molar-refractivity contribution in [2.24, 2.45) is 23.7 Å². The quantitative estimate of drug-likeness (QED) is 0.330. The van der Waals surface area contributed by atoms with Crippen LogP contribution in [0.3, 0.4) is 0 Å². The summed E-state index contributed by atoms with van der Waals surface area (Å²) in [5.74, 6) is -0.281. The van der Waals surface area contributed by atoms with Gasteiger partial charge < -0.3 is 4.74 Å². The van der Waals surface area contributed by atoms with E-state index < -0.39 is 11.9 Å². The van der Waals surface area contributed by atoms with Crippen molar-refractivity contribution in [3.63, 3.8) is 0 Å². The summed E-state index contributed by atoms with van der Waals surface area (Å²) < 4.78 is 5.80. The van der Waals surface area contributed by atoms with Gasteiger partial charge in [-0.2, -0.15) is 0 Å². The second-order valence-corrected chi connectivity index (χ2v) is 7.25. The van der Waals surface area contributed by atoms with Gasteiger partial charge in [-0.15, -0.1) is 6.58 Å². The first-order valence-corrected chi connectivity index (χ1v) is 8.86. The Hall–Kier alpha value is -1.90. The first-order chi connectivity index (χ1) is 11.4. The number of carbonyl (C=O) groups is 2. The van der Waals surface area contributed by atoms with E-state index in [0.29, 0.717) is 23.3 Å². The Labute approximate surface area is 145 Å². The van der Waals surface area contributed by atoms with Gasteiger partial charge >= 0.3 is 5.97 Å². The zero-order valence-corrected chi connectivity index (χ0v) is 14.9. The van der Waals surface area contributed by atoms with Crippen molar-refractivity contribution in [3.05, 3.63) is 48.6 Å².